The second kappa shape index (κ2) is 10.6. The number of thioether (sulfide) groups is 1. The molecule has 0 saturated carbocycles. The maximum absolute atomic E-state index is 13.2. The number of dihydropyridines is 1. The molecule has 0 radical (unpaired) electrons. The summed E-state index contributed by atoms with van der Waals surface area (Å²) in [5.41, 5.74) is 7.91. The van der Waals surface area contributed by atoms with E-state index in [2.05, 4.69) is 11.4 Å². The molecule has 7 nitrogen and oxygen atoms in total. The van der Waals surface area contributed by atoms with Gasteiger partial charge in [-0.2, -0.15) is 5.26 Å². The number of benzene rings is 2. The molecule has 2 aromatic rings. The third kappa shape index (κ3) is 4.95. The second-order valence-corrected chi connectivity index (χ2v) is 7.80. The van der Waals surface area contributed by atoms with E-state index in [9.17, 15) is 14.9 Å². The van der Waals surface area contributed by atoms with Gasteiger partial charge in [0.25, 0.3) is 0 Å². The molecule has 3 rings (SSSR count). The minimum absolute atomic E-state index is 0.0187. The van der Waals surface area contributed by atoms with Crippen molar-refractivity contribution in [2.75, 3.05) is 19.5 Å². The van der Waals surface area contributed by atoms with Gasteiger partial charge in [-0.05, 0) is 30.2 Å². The number of hydrogen-bond donors (Lipinski definition) is 2. The summed E-state index contributed by atoms with van der Waals surface area (Å²) in [5.74, 6) is -1.19. The zero-order valence-corrected chi connectivity index (χ0v) is 18.6. The van der Waals surface area contributed by atoms with Crippen molar-refractivity contribution >= 4 is 29.3 Å². The highest BCUT2D eigenvalue weighted by Gasteiger charge is 2.37. The molecule has 0 aliphatic carbocycles. The van der Waals surface area contributed by atoms with Gasteiger partial charge in [-0.15, -0.1) is 0 Å². The molecule has 0 fully saturated rings. The topological polar surface area (TPSA) is 114 Å². The number of nitrogens with one attached hydrogen (secondary N) is 1. The summed E-state index contributed by atoms with van der Waals surface area (Å²) >= 11 is 1.13. The molecule has 164 valence electrons. The van der Waals surface area contributed by atoms with Crippen molar-refractivity contribution in [1.82, 2.24) is 5.32 Å². The predicted molar refractivity (Wildman–Crippen MR) is 123 cm³/mol. The SMILES string of the molecule is CCOC(=O)C1=C(c2ccccc2)NC(SCC(N)=O)=C(C#N)[C@@H]1c1cccc(OC)c1. The van der Waals surface area contributed by atoms with Crippen LogP contribution in [0.5, 0.6) is 5.75 Å². The number of nitrogens with two attached hydrogens (primary N) is 1. The second-order valence-electron chi connectivity index (χ2n) is 6.82. The van der Waals surface area contributed by atoms with Crippen LogP contribution in [0.2, 0.25) is 0 Å². The van der Waals surface area contributed by atoms with Crippen molar-refractivity contribution in [2.45, 2.75) is 12.8 Å². The third-order valence-electron chi connectivity index (χ3n) is 4.79. The Balaban J connectivity index is 2.29. The van der Waals surface area contributed by atoms with Crippen LogP contribution in [0, 0.1) is 11.3 Å². The first kappa shape index (κ1) is 23.0. The number of primary amides is 1. The number of ether oxygens (including phenoxy) is 2. The van der Waals surface area contributed by atoms with Gasteiger partial charge < -0.3 is 20.5 Å². The van der Waals surface area contributed by atoms with Gasteiger partial charge in [0.05, 0.1) is 53.3 Å². The summed E-state index contributed by atoms with van der Waals surface area (Å²) in [7, 11) is 1.55. The fraction of sp³-hybridized carbons (Fsp3) is 0.208. The molecular formula is C24H23N3O4S. The lowest BCUT2D eigenvalue weighted by Crippen LogP contribution is -2.29. The molecule has 0 aromatic heterocycles. The minimum Gasteiger partial charge on any atom is -0.497 e. The molecule has 1 heterocycles. The number of rotatable bonds is 8. The van der Waals surface area contributed by atoms with E-state index in [1.54, 1.807) is 32.2 Å². The van der Waals surface area contributed by atoms with E-state index in [0.29, 0.717) is 33.2 Å². The fourth-order valence-corrected chi connectivity index (χ4v) is 4.24. The molecule has 1 atom stereocenters. The van der Waals surface area contributed by atoms with Gasteiger partial charge >= 0.3 is 5.97 Å². The van der Waals surface area contributed by atoms with E-state index < -0.39 is 17.8 Å². The number of carbonyl (C=O) groups excluding carboxylic acids is 2. The van der Waals surface area contributed by atoms with Crippen molar-refractivity contribution in [3.8, 4) is 11.8 Å². The Bertz CT molecular complexity index is 1120. The van der Waals surface area contributed by atoms with Gasteiger partial charge in [0.1, 0.15) is 5.75 Å². The molecule has 3 N–H and O–H groups in total. The van der Waals surface area contributed by atoms with Crippen molar-refractivity contribution < 1.29 is 19.1 Å². The number of hydrogen-bond acceptors (Lipinski definition) is 7. The number of amides is 1. The summed E-state index contributed by atoms with van der Waals surface area (Å²) < 4.78 is 10.7. The number of esters is 1. The highest BCUT2D eigenvalue weighted by Crippen LogP contribution is 2.44. The molecule has 2 aromatic carbocycles. The Labute approximate surface area is 190 Å². The van der Waals surface area contributed by atoms with Gasteiger partial charge in [-0.1, -0.05) is 54.2 Å². The molecule has 1 aliphatic rings. The maximum atomic E-state index is 13.2. The van der Waals surface area contributed by atoms with Crippen molar-refractivity contribution in [1.29, 1.82) is 5.26 Å². The summed E-state index contributed by atoms with van der Waals surface area (Å²) in [5, 5.41) is 13.8. The average Bonchev–Trinajstić information content (AvgIpc) is 2.82. The van der Waals surface area contributed by atoms with Gasteiger partial charge in [0, 0.05) is 0 Å². The van der Waals surface area contributed by atoms with Crippen molar-refractivity contribution in [3.63, 3.8) is 0 Å². The van der Waals surface area contributed by atoms with Crippen LogP contribution in [0.4, 0.5) is 0 Å². The molecule has 1 aliphatic heterocycles. The van der Waals surface area contributed by atoms with Crippen LogP contribution in [0.3, 0.4) is 0 Å². The molecule has 1 amide bonds. The lowest BCUT2D eigenvalue weighted by Gasteiger charge is -2.30. The first-order valence-corrected chi connectivity index (χ1v) is 10.9. The predicted octanol–water partition coefficient (Wildman–Crippen LogP) is 3.31. The largest absolute Gasteiger partial charge is 0.497 e. The van der Waals surface area contributed by atoms with Crippen molar-refractivity contribution in [3.05, 3.63) is 81.9 Å². The van der Waals surface area contributed by atoms with Crippen LogP contribution in [0.15, 0.2) is 70.8 Å². The number of methoxy groups -OCH3 is 1. The van der Waals surface area contributed by atoms with Crippen LogP contribution in [-0.2, 0) is 14.3 Å². The molecule has 0 saturated heterocycles. The van der Waals surface area contributed by atoms with Crippen LogP contribution in [0.25, 0.3) is 5.70 Å². The zero-order valence-electron chi connectivity index (χ0n) is 17.8. The Morgan fingerprint density at radius 1 is 1.19 bits per heavy atom. The molecular weight excluding hydrogens is 426 g/mol. The van der Waals surface area contributed by atoms with E-state index in [1.165, 1.54) is 0 Å². The average molecular weight is 450 g/mol. The Morgan fingerprint density at radius 3 is 2.56 bits per heavy atom. The summed E-state index contributed by atoms with van der Waals surface area (Å²) in [6.07, 6.45) is 0. The highest BCUT2D eigenvalue weighted by atomic mass is 32.2. The van der Waals surface area contributed by atoms with Crippen molar-refractivity contribution in [2.24, 2.45) is 5.73 Å². The molecule has 0 unspecified atom stereocenters. The fourth-order valence-electron chi connectivity index (χ4n) is 3.46. The van der Waals surface area contributed by atoms with E-state index in [-0.39, 0.29) is 12.4 Å². The van der Waals surface area contributed by atoms with E-state index >= 15 is 0 Å². The van der Waals surface area contributed by atoms with Crippen LogP contribution in [-0.4, -0.2) is 31.3 Å². The molecule has 32 heavy (non-hydrogen) atoms. The van der Waals surface area contributed by atoms with E-state index in [1.807, 2.05) is 36.4 Å². The summed E-state index contributed by atoms with van der Waals surface area (Å²) in [6, 6.07) is 18.7. The molecule has 0 spiro atoms. The normalized spacial score (nSPS) is 15.6. The zero-order chi connectivity index (χ0) is 23.1. The first-order valence-electron chi connectivity index (χ1n) is 9.93. The minimum atomic E-state index is -0.721. The molecule has 0 bridgehead atoms. The maximum Gasteiger partial charge on any atom is 0.337 e. The number of nitrogens with zero attached hydrogens (tertiary/aromatic N) is 1. The van der Waals surface area contributed by atoms with Gasteiger partial charge in [0.2, 0.25) is 5.91 Å². The lowest BCUT2D eigenvalue weighted by molar-refractivity contribution is -0.138. The van der Waals surface area contributed by atoms with Crippen LogP contribution in [0.1, 0.15) is 24.0 Å². The van der Waals surface area contributed by atoms with E-state index in [4.69, 9.17) is 15.2 Å². The third-order valence-corrected chi connectivity index (χ3v) is 5.83. The van der Waals surface area contributed by atoms with Gasteiger partial charge in [0.15, 0.2) is 0 Å². The Hall–Kier alpha value is -3.70. The summed E-state index contributed by atoms with van der Waals surface area (Å²) in [6.45, 7) is 1.91. The monoisotopic (exact) mass is 449 g/mol. The number of allylic oxidation sites excluding steroid dienone is 1. The standard InChI is InChI=1S/C24H23N3O4S/c1-3-31-24(29)21-20(16-10-7-11-17(12-16)30-2)18(13-25)23(32-14-19(26)28)27-22(21)15-8-5-4-6-9-15/h4-12,20,27H,3,14H2,1-2H3,(H2,26,28)/t20-/m0/s1. The van der Waals surface area contributed by atoms with E-state index in [0.717, 1.165) is 17.3 Å². The van der Waals surface area contributed by atoms with Gasteiger partial charge in [-0.3, -0.25) is 4.79 Å². The van der Waals surface area contributed by atoms with Crippen LogP contribution < -0.4 is 15.8 Å². The molecule has 8 heteroatoms. The number of carbonyl (C=O) groups is 2. The Morgan fingerprint density at radius 2 is 1.94 bits per heavy atom. The first-order chi connectivity index (χ1) is 15.5. The Kier molecular flexibility index (Phi) is 7.58. The lowest BCUT2D eigenvalue weighted by atomic mass is 9.81. The number of nitriles is 1. The quantitative estimate of drug-likeness (QED) is 0.594. The van der Waals surface area contributed by atoms with Crippen LogP contribution >= 0.6 is 11.8 Å². The summed E-state index contributed by atoms with van der Waals surface area (Å²) in [4.78, 5) is 24.6. The van der Waals surface area contributed by atoms with Gasteiger partial charge in [-0.25, -0.2) is 4.79 Å². The highest BCUT2D eigenvalue weighted by molar-refractivity contribution is 8.03. The smallest absolute Gasteiger partial charge is 0.337 e.